The molecule has 0 amide bonds. The Kier molecular flexibility index (Phi) is 2.75. The van der Waals surface area contributed by atoms with Gasteiger partial charge in [-0.05, 0) is 56.3 Å². The van der Waals surface area contributed by atoms with Gasteiger partial charge in [-0.1, -0.05) is 18.2 Å². The number of hydrogen-bond donors (Lipinski definition) is 1. The summed E-state index contributed by atoms with van der Waals surface area (Å²) in [4.78, 5) is 0.491. The minimum absolute atomic E-state index is 0.213. The maximum atomic E-state index is 13.1. The molecular formula is C15H20N2O2S. The first kappa shape index (κ1) is 12.8. The zero-order valence-corrected chi connectivity index (χ0v) is 12.4. The number of nitrogens with one attached hydrogen (secondary N) is 1. The number of rotatable bonds is 2. The van der Waals surface area contributed by atoms with E-state index in [1.54, 1.807) is 6.07 Å². The van der Waals surface area contributed by atoms with E-state index in [2.05, 4.69) is 5.32 Å². The molecule has 1 aromatic rings. The van der Waals surface area contributed by atoms with Crippen molar-refractivity contribution in [1.29, 1.82) is 0 Å². The van der Waals surface area contributed by atoms with Crippen LogP contribution in [0.3, 0.4) is 0 Å². The monoisotopic (exact) mass is 292 g/mol. The molecule has 0 radical (unpaired) electrons. The van der Waals surface area contributed by atoms with Crippen molar-refractivity contribution < 1.29 is 8.42 Å². The molecule has 2 bridgehead atoms. The van der Waals surface area contributed by atoms with Crippen LogP contribution in [0, 0.1) is 18.8 Å². The van der Waals surface area contributed by atoms with E-state index in [1.165, 1.54) is 0 Å². The van der Waals surface area contributed by atoms with Crippen molar-refractivity contribution in [2.24, 2.45) is 11.8 Å². The molecule has 3 saturated heterocycles. The van der Waals surface area contributed by atoms with E-state index in [0.29, 0.717) is 16.7 Å². The molecule has 0 saturated carbocycles. The normalized spacial score (nSPS) is 36.5. The lowest BCUT2D eigenvalue weighted by Crippen LogP contribution is -2.39. The predicted molar refractivity (Wildman–Crippen MR) is 76.9 cm³/mol. The third-order valence-corrected chi connectivity index (χ3v) is 7.47. The van der Waals surface area contributed by atoms with Gasteiger partial charge in [0.2, 0.25) is 10.0 Å². The Labute approximate surface area is 120 Å². The summed E-state index contributed by atoms with van der Waals surface area (Å²) in [6, 6.07) is 7.77. The number of sulfonamides is 1. The van der Waals surface area contributed by atoms with Crippen LogP contribution in [0.5, 0.6) is 0 Å². The van der Waals surface area contributed by atoms with Crippen LogP contribution in [0.25, 0.3) is 0 Å². The maximum Gasteiger partial charge on any atom is 0.243 e. The highest BCUT2D eigenvalue weighted by molar-refractivity contribution is 7.89. The lowest BCUT2D eigenvalue weighted by molar-refractivity contribution is 0.354. The molecule has 4 nitrogen and oxygen atoms in total. The van der Waals surface area contributed by atoms with Gasteiger partial charge in [0.15, 0.2) is 0 Å². The van der Waals surface area contributed by atoms with E-state index in [-0.39, 0.29) is 12.1 Å². The third kappa shape index (κ3) is 1.57. The van der Waals surface area contributed by atoms with Crippen molar-refractivity contribution in [3.8, 4) is 0 Å². The molecule has 4 atom stereocenters. The summed E-state index contributed by atoms with van der Waals surface area (Å²) < 4.78 is 28.0. The predicted octanol–water partition coefficient (Wildman–Crippen LogP) is 1.37. The number of benzene rings is 1. The minimum Gasteiger partial charge on any atom is -0.316 e. The average molecular weight is 292 g/mol. The number of fused-ring (bicyclic) bond motifs is 5. The molecule has 0 spiro atoms. The van der Waals surface area contributed by atoms with E-state index >= 15 is 0 Å². The van der Waals surface area contributed by atoms with Gasteiger partial charge in [-0.3, -0.25) is 0 Å². The smallest absolute Gasteiger partial charge is 0.243 e. The lowest BCUT2D eigenvalue weighted by atomic mass is 9.82. The van der Waals surface area contributed by atoms with Crippen molar-refractivity contribution >= 4 is 10.0 Å². The van der Waals surface area contributed by atoms with Gasteiger partial charge >= 0.3 is 0 Å². The second-order valence-corrected chi connectivity index (χ2v) is 8.11. The van der Waals surface area contributed by atoms with Gasteiger partial charge in [0.25, 0.3) is 0 Å². The Hall–Kier alpha value is -0.910. The van der Waals surface area contributed by atoms with Gasteiger partial charge in [-0.2, -0.15) is 4.31 Å². The van der Waals surface area contributed by atoms with Crippen LogP contribution in [0.2, 0.25) is 0 Å². The molecule has 0 unspecified atom stereocenters. The Morgan fingerprint density at radius 1 is 1.10 bits per heavy atom. The van der Waals surface area contributed by atoms with Crippen LogP contribution in [-0.4, -0.2) is 37.9 Å². The van der Waals surface area contributed by atoms with E-state index < -0.39 is 10.0 Å². The van der Waals surface area contributed by atoms with E-state index in [4.69, 9.17) is 0 Å². The van der Waals surface area contributed by atoms with Crippen LogP contribution < -0.4 is 5.32 Å². The highest BCUT2D eigenvalue weighted by atomic mass is 32.2. The van der Waals surface area contributed by atoms with Gasteiger partial charge < -0.3 is 5.32 Å². The van der Waals surface area contributed by atoms with Crippen LogP contribution in [0.1, 0.15) is 18.4 Å². The Morgan fingerprint density at radius 3 is 2.30 bits per heavy atom. The summed E-state index contributed by atoms with van der Waals surface area (Å²) >= 11 is 0. The number of nitrogens with zero attached hydrogens (tertiary/aromatic N) is 1. The first-order valence-electron chi connectivity index (χ1n) is 7.40. The average Bonchev–Trinajstić information content (AvgIpc) is 3.11. The van der Waals surface area contributed by atoms with Crippen molar-refractivity contribution in [2.75, 3.05) is 13.1 Å². The highest BCUT2D eigenvalue weighted by Crippen LogP contribution is 2.49. The van der Waals surface area contributed by atoms with Crippen molar-refractivity contribution in [3.63, 3.8) is 0 Å². The molecule has 0 aliphatic carbocycles. The SMILES string of the molecule is Cc1ccccc1S(=O)(=O)N1[C@@H]2CC[C@H]1[C@H]1CNC[C@H]12. The Morgan fingerprint density at radius 2 is 1.70 bits per heavy atom. The number of hydrogen-bond acceptors (Lipinski definition) is 3. The summed E-state index contributed by atoms with van der Waals surface area (Å²) in [6.45, 7) is 3.84. The summed E-state index contributed by atoms with van der Waals surface area (Å²) in [5.74, 6) is 1.04. The zero-order chi connectivity index (χ0) is 13.9. The first-order chi connectivity index (χ1) is 9.60. The lowest BCUT2D eigenvalue weighted by Gasteiger charge is -2.24. The van der Waals surface area contributed by atoms with Gasteiger partial charge in [0, 0.05) is 12.1 Å². The fourth-order valence-corrected chi connectivity index (χ4v) is 6.71. The van der Waals surface area contributed by atoms with Crippen LogP contribution in [0.15, 0.2) is 29.2 Å². The highest BCUT2D eigenvalue weighted by Gasteiger charge is 2.58. The van der Waals surface area contributed by atoms with E-state index in [0.717, 1.165) is 31.5 Å². The molecule has 1 N–H and O–H groups in total. The van der Waals surface area contributed by atoms with Gasteiger partial charge in [-0.25, -0.2) is 8.42 Å². The fraction of sp³-hybridized carbons (Fsp3) is 0.600. The van der Waals surface area contributed by atoms with Crippen molar-refractivity contribution in [2.45, 2.75) is 36.7 Å². The molecule has 1 aromatic carbocycles. The van der Waals surface area contributed by atoms with Gasteiger partial charge in [0.05, 0.1) is 4.90 Å². The van der Waals surface area contributed by atoms with Gasteiger partial charge in [-0.15, -0.1) is 0 Å². The minimum atomic E-state index is -3.34. The summed E-state index contributed by atoms with van der Waals surface area (Å²) in [5, 5.41) is 3.43. The molecule has 20 heavy (non-hydrogen) atoms. The summed E-state index contributed by atoms with van der Waals surface area (Å²) in [6.07, 6.45) is 2.05. The standard InChI is InChI=1S/C15H20N2O2S/c1-10-4-2-3-5-15(10)20(18,19)17-13-6-7-14(17)12-9-16-8-11(12)13/h2-5,11-14,16H,6-9H2,1H3/t11-,12+,13-,14+. The topological polar surface area (TPSA) is 49.4 Å². The third-order valence-electron chi connectivity index (χ3n) is 5.36. The van der Waals surface area contributed by atoms with Crippen molar-refractivity contribution in [1.82, 2.24) is 9.62 Å². The molecule has 3 heterocycles. The number of aryl methyl sites for hydroxylation is 1. The van der Waals surface area contributed by atoms with E-state index in [9.17, 15) is 8.42 Å². The molecule has 3 fully saturated rings. The molecular weight excluding hydrogens is 272 g/mol. The second-order valence-electron chi connectivity index (χ2n) is 6.30. The Balaban J connectivity index is 1.77. The molecule has 3 aliphatic heterocycles. The van der Waals surface area contributed by atoms with Crippen LogP contribution in [0.4, 0.5) is 0 Å². The quantitative estimate of drug-likeness (QED) is 0.895. The molecule has 108 valence electrons. The molecule has 3 aliphatic rings. The van der Waals surface area contributed by atoms with Crippen molar-refractivity contribution in [3.05, 3.63) is 29.8 Å². The fourth-order valence-electron chi connectivity index (χ4n) is 4.53. The van der Waals surface area contributed by atoms with Gasteiger partial charge in [0.1, 0.15) is 0 Å². The Bertz CT molecular complexity index is 625. The summed E-state index contributed by atoms with van der Waals surface area (Å²) in [7, 11) is -3.34. The first-order valence-corrected chi connectivity index (χ1v) is 8.84. The molecule has 0 aromatic heterocycles. The second kappa shape index (κ2) is 4.29. The van der Waals surface area contributed by atoms with E-state index in [1.807, 2.05) is 29.4 Å². The zero-order valence-electron chi connectivity index (χ0n) is 11.6. The van der Waals surface area contributed by atoms with Crippen LogP contribution in [-0.2, 0) is 10.0 Å². The van der Waals surface area contributed by atoms with Crippen LogP contribution >= 0.6 is 0 Å². The largest absolute Gasteiger partial charge is 0.316 e. The molecule has 4 rings (SSSR count). The maximum absolute atomic E-state index is 13.1. The summed E-state index contributed by atoms with van der Waals surface area (Å²) in [5.41, 5.74) is 0.849. The molecule has 5 heteroatoms.